The van der Waals surface area contributed by atoms with E-state index in [0.29, 0.717) is 10.2 Å². The molecule has 1 aromatic carbocycles. The summed E-state index contributed by atoms with van der Waals surface area (Å²) in [5.41, 5.74) is 1.45. The molecule has 0 amide bonds. The molecule has 22 heavy (non-hydrogen) atoms. The zero-order valence-corrected chi connectivity index (χ0v) is 13.4. The molecule has 2 heterocycles. The van der Waals surface area contributed by atoms with Gasteiger partial charge in [-0.2, -0.15) is 5.26 Å². The summed E-state index contributed by atoms with van der Waals surface area (Å²) in [4.78, 5) is 6.90. The molecular formula is C17H18N4S. The lowest BCUT2D eigenvalue weighted by molar-refractivity contribution is 0.571. The Labute approximate surface area is 135 Å². The average Bonchev–Trinajstić information content (AvgIpc) is 2.56. The number of aromatic nitrogens is 2. The number of para-hydroxylation sites is 1. The number of aryl methyl sites for hydroxylation is 1. The summed E-state index contributed by atoms with van der Waals surface area (Å²) >= 11 is 5.59. The third kappa shape index (κ3) is 2.62. The summed E-state index contributed by atoms with van der Waals surface area (Å²) in [5.74, 6) is 1.56. The van der Waals surface area contributed by atoms with Gasteiger partial charge in [-0.3, -0.25) is 4.57 Å². The molecule has 0 atom stereocenters. The van der Waals surface area contributed by atoms with Crippen molar-refractivity contribution in [2.45, 2.75) is 26.2 Å². The summed E-state index contributed by atoms with van der Waals surface area (Å²) in [6, 6.07) is 12.1. The Morgan fingerprint density at radius 3 is 2.45 bits per heavy atom. The Bertz CT molecular complexity index is 768. The van der Waals surface area contributed by atoms with Crippen LogP contribution in [0.15, 0.2) is 30.3 Å². The number of piperidine rings is 1. The molecule has 1 fully saturated rings. The molecule has 0 aliphatic carbocycles. The molecular weight excluding hydrogens is 292 g/mol. The van der Waals surface area contributed by atoms with Gasteiger partial charge in [-0.1, -0.05) is 30.4 Å². The van der Waals surface area contributed by atoms with E-state index < -0.39 is 0 Å². The lowest BCUT2D eigenvalue weighted by Crippen LogP contribution is -2.31. The number of nitrogens with zero attached hydrogens (tertiary/aromatic N) is 4. The van der Waals surface area contributed by atoms with E-state index in [1.807, 2.05) is 41.8 Å². The maximum Gasteiger partial charge on any atom is 0.151 e. The van der Waals surface area contributed by atoms with Crippen molar-refractivity contribution in [3.8, 4) is 11.8 Å². The highest BCUT2D eigenvalue weighted by atomic mass is 32.1. The van der Waals surface area contributed by atoms with Crippen molar-refractivity contribution in [3.63, 3.8) is 0 Å². The molecule has 4 nitrogen and oxygen atoms in total. The summed E-state index contributed by atoms with van der Waals surface area (Å²) in [6.07, 6.45) is 3.53. The first-order valence-corrected chi connectivity index (χ1v) is 7.97. The van der Waals surface area contributed by atoms with Crippen molar-refractivity contribution in [3.05, 3.63) is 46.4 Å². The molecule has 0 N–H and O–H groups in total. The Morgan fingerprint density at radius 1 is 1.14 bits per heavy atom. The van der Waals surface area contributed by atoms with Crippen LogP contribution in [0.4, 0.5) is 5.82 Å². The highest BCUT2D eigenvalue weighted by Crippen LogP contribution is 2.25. The first-order valence-electron chi connectivity index (χ1n) is 7.56. The summed E-state index contributed by atoms with van der Waals surface area (Å²) in [6.45, 7) is 3.84. The average molecular weight is 310 g/mol. The largest absolute Gasteiger partial charge is 0.355 e. The van der Waals surface area contributed by atoms with E-state index in [1.165, 1.54) is 6.42 Å². The Hall–Kier alpha value is -2.19. The van der Waals surface area contributed by atoms with Crippen molar-refractivity contribution in [1.82, 2.24) is 9.55 Å². The predicted octanol–water partition coefficient (Wildman–Crippen LogP) is 3.77. The third-order valence-corrected chi connectivity index (χ3v) is 4.40. The zero-order valence-electron chi connectivity index (χ0n) is 12.6. The molecule has 1 saturated heterocycles. The van der Waals surface area contributed by atoms with Crippen molar-refractivity contribution >= 4 is 18.0 Å². The van der Waals surface area contributed by atoms with Crippen LogP contribution in [0.25, 0.3) is 5.69 Å². The standard InChI is InChI=1S/C17H18N4S/c1-13-19-16(20-10-6-3-7-11-20)15(12-18)17(22)21(13)14-8-4-2-5-9-14/h2,4-5,8-9H,3,6-7,10-11H2,1H3. The first-order chi connectivity index (χ1) is 10.7. The number of hydrogen-bond acceptors (Lipinski definition) is 4. The second kappa shape index (κ2) is 6.29. The fourth-order valence-electron chi connectivity index (χ4n) is 2.93. The van der Waals surface area contributed by atoms with Crippen LogP contribution in [0, 0.1) is 22.9 Å². The molecule has 0 bridgehead atoms. The normalized spacial score (nSPS) is 14.6. The summed E-state index contributed by atoms with van der Waals surface area (Å²) in [5, 5.41) is 9.60. The van der Waals surface area contributed by atoms with E-state index >= 15 is 0 Å². The monoisotopic (exact) mass is 310 g/mol. The summed E-state index contributed by atoms with van der Waals surface area (Å²) in [7, 11) is 0. The van der Waals surface area contributed by atoms with Crippen molar-refractivity contribution in [1.29, 1.82) is 5.26 Å². The fraction of sp³-hybridized carbons (Fsp3) is 0.353. The van der Waals surface area contributed by atoms with Gasteiger partial charge in [0.2, 0.25) is 0 Å². The van der Waals surface area contributed by atoms with Crippen LogP contribution < -0.4 is 4.90 Å². The van der Waals surface area contributed by atoms with Gasteiger partial charge in [0.05, 0.1) is 0 Å². The first kappa shape index (κ1) is 14.7. The number of hydrogen-bond donors (Lipinski definition) is 0. The second-order valence-electron chi connectivity index (χ2n) is 5.49. The number of benzene rings is 1. The van der Waals surface area contributed by atoms with Crippen molar-refractivity contribution < 1.29 is 0 Å². The highest BCUT2D eigenvalue weighted by Gasteiger charge is 2.20. The maximum atomic E-state index is 9.60. The fourth-order valence-corrected chi connectivity index (χ4v) is 3.30. The number of rotatable bonds is 2. The Morgan fingerprint density at radius 2 is 1.82 bits per heavy atom. The molecule has 5 heteroatoms. The third-order valence-electron chi connectivity index (χ3n) is 4.01. The lowest BCUT2D eigenvalue weighted by Gasteiger charge is -2.29. The van der Waals surface area contributed by atoms with Gasteiger partial charge in [-0.15, -0.1) is 0 Å². The zero-order chi connectivity index (χ0) is 15.5. The van der Waals surface area contributed by atoms with E-state index in [2.05, 4.69) is 11.0 Å². The summed E-state index contributed by atoms with van der Waals surface area (Å²) < 4.78 is 2.42. The molecule has 0 unspecified atom stereocenters. The number of anilines is 1. The van der Waals surface area contributed by atoms with Gasteiger partial charge in [0, 0.05) is 18.8 Å². The number of nitriles is 1. The molecule has 1 aromatic heterocycles. The van der Waals surface area contributed by atoms with Crippen LogP contribution >= 0.6 is 12.2 Å². The van der Waals surface area contributed by atoms with E-state index in [1.54, 1.807) is 0 Å². The van der Waals surface area contributed by atoms with Gasteiger partial charge in [0.15, 0.2) is 5.82 Å². The molecule has 0 spiro atoms. The molecule has 2 aromatic rings. The minimum Gasteiger partial charge on any atom is -0.355 e. The molecule has 112 valence electrons. The Kier molecular flexibility index (Phi) is 4.21. The molecule has 0 radical (unpaired) electrons. The van der Waals surface area contributed by atoms with Gasteiger partial charge >= 0.3 is 0 Å². The molecule has 0 saturated carbocycles. The van der Waals surface area contributed by atoms with E-state index in [9.17, 15) is 5.26 Å². The maximum absolute atomic E-state index is 9.60. The van der Waals surface area contributed by atoms with Crippen LogP contribution in [0.3, 0.4) is 0 Å². The highest BCUT2D eigenvalue weighted by molar-refractivity contribution is 7.71. The van der Waals surface area contributed by atoms with Gasteiger partial charge < -0.3 is 4.90 Å². The predicted molar refractivity (Wildman–Crippen MR) is 89.9 cm³/mol. The smallest absolute Gasteiger partial charge is 0.151 e. The van der Waals surface area contributed by atoms with E-state index in [-0.39, 0.29) is 0 Å². The minimum atomic E-state index is 0.506. The van der Waals surface area contributed by atoms with Crippen LogP contribution in [-0.2, 0) is 0 Å². The van der Waals surface area contributed by atoms with Crippen LogP contribution in [-0.4, -0.2) is 22.6 Å². The molecule has 3 rings (SSSR count). The van der Waals surface area contributed by atoms with Crippen molar-refractivity contribution in [2.75, 3.05) is 18.0 Å². The topological polar surface area (TPSA) is 44.9 Å². The second-order valence-corrected chi connectivity index (χ2v) is 5.88. The van der Waals surface area contributed by atoms with Crippen molar-refractivity contribution in [2.24, 2.45) is 0 Å². The lowest BCUT2D eigenvalue weighted by atomic mass is 10.1. The van der Waals surface area contributed by atoms with Crippen LogP contribution in [0.2, 0.25) is 0 Å². The van der Waals surface area contributed by atoms with E-state index in [4.69, 9.17) is 17.2 Å². The van der Waals surface area contributed by atoms with Gasteiger partial charge in [0.1, 0.15) is 22.1 Å². The Balaban J connectivity index is 2.16. The van der Waals surface area contributed by atoms with E-state index in [0.717, 1.165) is 43.3 Å². The van der Waals surface area contributed by atoms with Gasteiger partial charge in [0.25, 0.3) is 0 Å². The quantitative estimate of drug-likeness (QED) is 0.792. The van der Waals surface area contributed by atoms with Gasteiger partial charge in [-0.05, 0) is 38.3 Å². The molecule has 1 aliphatic rings. The van der Waals surface area contributed by atoms with Crippen LogP contribution in [0.1, 0.15) is 30.7 Å². The molecule has 1 aliphatic heterocycles. The minimum absolute atomic E-state index is 0.506. The SMILES string of the molecule is Cc1nc(N2CCCCC2)c(C#N)c(=S)n1-c1ccccc1. The van der Waals surface area contributed by atoms with Crippen LogP contribution in [0.5, 0.6) is 0 Å². The van der Waals surface area contributed by atoms with Gasteiger partial charge in [-0.25, -0.2) is 4.98 Å².